The number of allylic oxidation sites excluding steroid dienone is 1. The van der Waals surface area contributed by atoms with Gasteiger partial charge in [0, 0.05) is 0 Å². The van der Waals surface area contributed by atoms with Gasteiger partial charge in [0.2, 0.25) is 6.29 Å². The van der Waals surface area contributed by atoms with E-state index in [9.17, 15) is 15.3 Å². The molecule has 0 bridgehead atoms. The zero-order chi connectivity index (χ0) is 15.4. The average molecular weight is 296 g/mol. The van der Waals surface area contributed by atoms with E-state index in [2.05, 4.69) is 6.58 Å². The molecule has 6 heteroatoms. The van der Waals surface area contributed by atoms with Gasteiger partial charge in [0.25, 0.3) is 0 Å². The molecule has 0 aliphatic carbocycles. The van der Waals surface area contributed by atoms with E-state index < -0.39 is 37.3 Å². The lowest BCUT2D eigenvalue weighted by molar-refractivity contribution is -0.277. The fraction of sp³-hybridized carbons (Fsp3) is 0.467. The summed E-state index contributed by atoms with van der Waals surface area (Å²) < 4.78 is 10.7. The van der Waals surface area contributed by atoms with Gasteiger partial charge in [0.05, 0.1) is 6.61 Å². The molecule has 0 aromatic heterocycles. The largest absolute Gasteiger partial charge is 0.462 e. The van der Waals surface area contributed by atoms with E-state index in [4.69, 9.17) is 14.6 Å². The predicted molar refractivity (Wildman–Crippen MR) is 74.7 cm³/mol. The van der Waals surface area contributed by atoms with Crippen LogP contribution in [0.25, 0.3) is 0 Å². The standard InChI is InChI=1S/C15H20O6/c1-2-3-9-4-6-10(7-5-9)20-15-14(19)13(18)12(17)11(8-16)21-15/h2,4-7,11-19H,1,3,8H2/t11-,12-,13-,14-,15-/m1/s1. The van der Waals surface area contributed by atoms with Gasteiger partial charge < -0.3 is 29.9 Å². The SMILES string of the molecule is C=CCc1ccc(O[C@@H]2O[C@H](CO)[C@@H](O)[C@@H](O)[C@H]2O)cc1. The first-order chi connectivity index (χ1) is 10.1. The summed E-state index contributed by atoms with van der Waals surface area (Å²) in [6.45, 7) is 3.17. The Morgan fingerprint density at radius 2 is 1.76 bits per heavy atom. The van der Waals surface area contributed by atoms with Gasteiger partial charge in [-0.3, -0.25) is 0 Å². The van der Waals surface area contributed by atoms with Gasteiger partial charge >= 0.3 is 0 Å². The highest BCUT2D eigenvalue weighted by Crippen LogP contribution is 2.24. The first kappa shape index (κ1) is 15.9. The fourth-order valence-corrected chi connectivity index (χ4v) is 2.17. The topological polar surface area (TPSA) is 99.4 Å². The third kappa shape index (κ3) is 3.61. The van der Waals surface area contributed by atoms with Crippen LogP contribution in [-0.4, -0.2) is 57.7 Å². The summed E-state index contributed by atoms with van der Waals surface area (Å²) in [4.78, 5) is 0. The molecule has 1 aliphatic heterocycles. The molecule has 0 amide bonds. The third-order valence-electron chi connectivity index (χ3n) is 3.40. The fourth-order valence-electron chi connectivity index (χ4n) is 2.17. The molecule has 0 saturated carbocycles. The van der Waals surface area contributed by atoms with Crippen LogP contribution in [0.2, 0.25) is 0 Å². The molecule has 4 N–H and O–H groups in total. The quantitative estimate of drug-likeness (QED) is 0.552. The maximum atomic E-state index is 9.87. The summed E-state index contributed by atoms with van der Waals surface area (Å²) in [6, 6.07) is 7.11. The molecule has 0 spiro atoms. The molecule has 1 heterocycles. The Bertz CT molecular complexity index is 458. The number of aliphatic hydroxyl groups is 4. The Kier molecular flexibility index (Phi) is 5.33. The molecule has 1 aromatic carbocycles. The van der Waals surface area contributed by atoms with Crippen molar-refractivity contribution in [1.82, 2.24) is 0 Å². The highest BCUT2D eigenvalue weighted by Gasteiger charge is 2.44. The lowest BCUT2D eigenvalue weighted by Gasteiger charge is -2.39. The van der Waals surface area contributed by atoms with Crippen molar-refractivity contribution in [1.29, 1.82) is 0 Å². The van der Waals surface area contributed by atoms with E-state index in [0.29, 0.717) is 5.75 Å². The summed E-state index contributed by atoms with van der Waals surface area (Å²) in [6.07, 6.45) is -3.86. The maximum absolute atomic E-state index is 9.87. The van der Waals surface area contributed by atoms with Crippen molar-refractivity contribution >= 4 is 0 Å². The van der Waals surface area contributed by atoms with Gasteiger partial charge in [0.1, 0.15) is 30.2 Å². The van der Waals surface area contributed by atoms with Crippen molar-refractivity contribution in [3.05, 3.63) is 42.5 Å². The van der Waals surface area contributed by atoms with Crippen LogP contribution >= 0.6 is 0 Å². The van der Waals surface area contributed by atoms with Crippen LogP contribution in [0.1, 0.15) is 5.56 Å². The predicted octanol–water partition coefficient (Wildman–Crippen LogP) is -0.406. The first-order valence-electron chi connectivity index (χ1n) is 6.74. The van der Waals surface area contributed by atoms with Gasteiger partial charge in [-0.25, -0.2) is 0 Å². The average Bonchev–Trinajstić information content (AvgIpc) is 2.50. The second kappa shape index (κ2) is 7.02. The lowest BCUT2D eigenvalue weighted by atomic mass is 9.99. The van der Waals surface area contributed by atoms with Crippen LogP contribution in [-0.2, 0) is 11.2 Å². The monoisotopic (exact) mass is 296 g/mol. The number of benzene rings is 1. The van der Waals surface area contributed by atoms with Crippen molar-refractivity contribution in [2.75, 3.05) is 6.61 Å². The third-order valence-corrected chi connectivity index (χ3v) is 3.40. The van der Waals surface area contributed by atoms with E-state index in [1.54, 1.807) is 18.2 Å². The minimum atomic E-state index is -1.44. The van der Waals surface area contributed by atoms with Crippen molar-refractivity contribution in [2.24, 2.45) is 0 Å². The Morgan fingerprint density at radius 3 is 2.33 bits per heavy atom. The molecule has 1 saturated heterocycles. The Morgan fingerprint density at radius 1 is 1.10 bits per heavy atom. The molecular weight excluding hydrogens is 276 g/mol. The molecule has 116 valence electrons. The molecule has 1 aromatic rings. The van der Waals surface area contributed by atoms with E-state index in [1.807, 2.05) is 12.1 Å². The minimum absolute atomic E-state index is 0.451. The molecule has 21 heavy (non-hydrogen) atoms. The lowest BCUT2D eigenvalue weighted by Crippen LogP contribution is -2.60. The van der Waals surface area contributed by atoms with Crippen LogP contribution in [0.5, 0.6) is 5.75 Å². The number of rotatable bonds is 5. The Labute approximate surface area is 122 Å². The van der Waals surface area contributed by atoms with Crippen molar-refractivity contribution in [3.8, 4) is 5.75 Å². The highest BCUT2D eigenvalue weighted by molar-refractivity contribution is 5.28. The van der Waals surface area contributed by atoms with Crippen molar-refractivity contribution < 1.29 is 29.9 Å². The van der Waals surface area contributed by atoms with Gasteiger partial charge in [-0.05, 0) is 24.1 Å². The molecule has 1 fully saturated rings. The zero-order valence-corrected chi connectivity index (χ0v) is 11.5. The smallest absolute Gasteiger partial charge is 0.229 e. The summed E-state index contributed by atoms with van der Waals surface area (Å²) >= 11 is 0. The van der Waals surface area contributed by atoms with Gasteiger partial charge in [-0.15, -0.1) is 6.58 Å². The van der Waals surface area contributed by atoms with Crippen molar-refractivity contribution in [3.63, 3.8) is 0 Å². The van der Waals surface area contributed by atoms with Crippen LogP contribution in [0.15, 0.2) is 36.9 Å². The van der Waals surface area contributed by atoms with Gasteiger partial charge in [-0.1, -0.05) is 18.2 Å². The molecule has 0 radical (unpaired) electrons. The number of hydrogen-bond acceptors (Lipinski definition) is 6. The number of aliphatic hydroxyl groups excluding tert-OH is 4. The van der Waals surface area contributed by atoms with Gasteiger partial charge in [0.15, 0.2) is 0 Å². The van der Waals surface area contributed by atoms with Crippen LogP contribution in [0.4, 0.5) is 0 Å². The van der Waals surface area contributed by atoms with Gasteiger partial charge in [-0.2, -0.15) is 0 Å². The summed E-state index contributed by atoms with van der Waals surface area (Å²) in [5.41, 5.74) is 1.06. The first-order valence-corrected chi connectivity index (χ1v) is 6.74. The second-order valence-corrected chi connectivity index (χ2v) is 4.95. The maximum Gasteiger partial charge on any atom is 0.229 e. The molecular formula is C15H20O6. The van der Waals surface area contributed by atoms with Crippen molar-refractivity contribution in [2.45, 2.75) is 37.1 Å². The molecule has 1 aliphatic rings. The van der Waals surface area contributed by atoms with E-state index >= 15 is 0 Å². The molecule has 5 atom stereocenters. The number of hydrogen-bond donors (Lipinski definition) is 4. The molecule has 0 unspecified atom stereocenters. The minimum Gasteiger partial charge on any atom is -0.462 e. The van der Waals surface area contributed by atoms with E-state index in [1.165, 1.54) is 0 Å². The number of ether oxygens (including phenoxy) is 2. The zero-order valence-electron chi connectivity index (χ0n) is 11.5. The van der Waals surface area contributed by atoms with E-state index in [0.717, 1.165) is 12.0 Å². The Balaban J connectivity index is 2.05. The van der Waals surface area contributed by atoms with Crippen LogP contribution < -0.4 is 4.74 Å². The van der Waals surface area contributed by atoms with E-state index in [-0.39, 0.29) is 0 Å². The van der Waals surface area contributed by atoms with Crippen LogP contribution in [0.3, 0.4) is 0 Å². The summed E-state index contributed by atoms with van der Waals surface area (Å²) in [5.74, 6) is 0.451. The van der Waals surface area contributed by atoms with Crippen LogP contribution in [0, 0.1) is 0 Å². The highest BCUT2D eigenvalue weighted by atomic mass is 16.7. The summed E-state index contributed by atoms with van der Waals surface area (Å²) in [7, 11) is 0. The molecule has 2 rings (SSSR count). The second-order valence-electron chi connectivity index (χ2n) is 4.95. The molecule has 6 nitrogen and oxygen atoms in total. The summed E-state index contributed by atoms with van der Waals surface area (Å²) in [5, 5.41) is 38.3. The normalized spacial score (nSPS) is 32.7. The Hall–Kier alpha value is -1.44.